The molecule has 1 N–H and O–H groups in total. The summed E-state index contributed by atoms with van der Waals surface area (Å²) in [6.45, 7) is 3.48. The van der Waals surface area contributed by atoms with Gasteiger partial charge in [0, 0.05) is 31.8 Å². The van der Waals surface area contributed by atoms with Crippen molar-refractivity contribution in [1.82, 2.24) is 29.5 Å². The third kappa shape index (κ3) is 4.69. The van der Waals surface area contributed by atoms with Gasteiger partial charge < -0.3 is 9.88 Å². The Bertz CT molecular complexity index is 1630. The van der Waals surface area contributed by atoms with Gasteiger partial charge in [0.05, 0.1) is 41.0 Å². The Morgan fingerprint density at radius 3 is 2.59 bits per heavy atom. The largest absolute Gasteiger partial charge is 0.416 e. The molecule has 4 heterocycles. The first kappa shape index (κ1) is 25.9. The first-order valence-corrected chi connectivity index (χ1v) is 11.9. The molecule has 0 saturated carbocycles. The molecule has 1 amide bonds. The molecular weight excluding hydrogens is 511 g/mol. The zero-order valence-electron chi connectivity index (χ0n) is 21.6. The quantitative estimate of drug-likeness (QED) is 0.388. The van der Waals surface area contributed by atoms with E-state index in [0.29, 0.717) is 28.5 Å². The minimum atomic E-state index is -4.60. The van der Waals surface area contributed by atoms with Crippen molar-refractivity contribution in [2.75, 3.05) is 16.8 Å². The number of nitrogens with one attached hydrogen (secondary N) is 1. The predicted octanol–water partition coefficient (Wildman–Crippen LogP) is 4.42. The van der Waals surface area contributed by atoms with E-state index in [2.05, 4.69) is 31.7 Å². The fraction of sp³-hybridized carbons (Fsp3) is 0.308. The monoisotopic (exact) mass is 535 g/mol. The van der Waals surface area contributed by atoms with Crippen molar-refractivity contribution >= 4 is 17.5 Å². The van der Waals surface area contributed by atoms with Crippen LogP contribution >= 0.6 is 0 Å². The zero-order valence-corrected chi connectivity index (χ0v) is 21.6. The van der Waals surface area contributed by atoms with Crippen LogP contribution in [0.25, 0.3) is 22.6 Å². The second-order valence-corrected chi connectivity index (χ2v) is 9.97. The molecule has 0 spiro atoms. The molecule has 0 fully saturated rings. The van der Waals surface area contributed by atoms with Crippen molar-refractivity contribution in [3.63, 3.8) is 0 Å². The number of carbonyl (C=O) groups excluding carboxylic acids is 1. The Hall–Kier alpha value is -4.73. The molecule has 4 aromatic rings. The standard InChI is InChI=1S/C26H24F3N9O/c1-25(2,12-30)13-31-20-8-15(22-17(10-33-37(22)4)23-35-32-14-36(23)3)9-21(34-20)38-11-18-16(24(38)39)6-5-7-19(18)26(27,28)29/h5-10,14H,11,13H2,1-4H3,(H,31,34). The Kier molecular flexibility index (Phi) is 6.13. The summed E-state index contributed by atoms with van der Waals surface area (Å²) < 4.78 is 44.5. The number of anilines is 2. The number of nitrogens with zero attached hydrogens (tertiary/aromatic N) is 8. The molecule has 0 saturated heterocycles. The Labute approximate surface area is 221 Å². The summed E-state index contributed by atoms with van der Waals surface area (Å²) in [5, 5.41) is 25.1. The normalized spacial score (nSPS) is 13.5. The number of halogens is 3. The lowest BCUT2D eigenvalue weighted by molar-refractivity contribution is -0.138. The van der Waals surface area contributed by atoms with Crippen molar-refractivity contribution in [3.05, 3.63) is 59.5 Å². The maximum atomic E-state index is 13.7. The maximum Gasteiger partial charge on any atom is 0.416 e. The number of aromatic nitrogens is 6. The number of benzene rings is 1. The summed E-state index contributed by atoms with van der Waals surface area (Å²) in [5.74, 6) is 0.471. The Morgan fingerprint density at radius 1 is 1.15 bits per heavy atom. The van der Waals surface area contributed by atoms with E-state index < -0.39 is 23.1 Å². The zero-order chi connectivity index (χ0) is 28.1. The van der Waals surface area contributed by atoms with Gasteiger partial charge in [0.1, 0.15) is 18.0 Å². The van der Waals surface area contributed by atoms with Gasteiger partial charge in [0.2, 0.25) is 0 Å². The summed E-state index contributed by atoms with van der Waals surface area (Å²) in [6.07, 6.45) is -1.41. The Balaban J connectivity index is 1.64. The molecule has 5 rings (SSSR count). The summed E-state index contributed by atoms with van der Waals surface area (Å²) >= 11 is 0. The lowest BCUT2D eigenvalue weighted by Crippen LogP contribution is -2.25. The highest BCUT2D eigenvalue weighted by molar-refractivity contribution is 6.10. The number of nitriles is 1. The van der Waals surface area contributed by atoms with Gasteiger partial charge in [-0.1, -0.05) is 6.07 Å². The number of carbonyl (C=O) groups is 1. The maximum absolute atomic E-state index is 13.7. The van der Waals surface area contributed by atoms with Gasteiger partial charge in [-0.2, -0.15) is 23.5 Å². The Morgan fingerprint density at radius 2 is 1.92 bits per heavy atom. The van der Waals surface area contributed by atoms with Crippen LogP contribution in [0.4, 0.5) is 24.8 Å². The molecule has 13 heteroatoms. The molecule has 0 unspecified atom stereocenters. The minimum Gasteiger partial charge on any atom is -0.368 e. The summed E-state index contributed by atoms with van der Waals surface area (Å²) in [6, 6.07) is 9.17. The highest BCUT2D eigenvalue weighted by Gasteiger charge is 2.40. The van der Waals surface area contributed by atoms with Gasteiger partial charge in [-0.25, -0.2) is 4.98 Å². The van der Waals surface area contributed by atoms with Crippen LogP contribution in [0.1, 0.15) is 35.3 Å². The van der Waals surface area contributed by atoms with Crippen molar-refractivity contribution in [3.8, 4) is 28.7 Å². The first-order chi connectivity index (χ1) is 18.4. The fourth-order valence-corrected chi connectivity index (χ4v) is 4.49. The molecule has 0 radical (unpaired) electrons. The summed E-state index contributed by atoms with van der Waals surface area (Å²) in [7, 11) is 3.53. The number of hydrogen-bond donors (Lipinski definition) is 1. The van der Waals surface area contributed by atoms with Crippen LogP contribution < -0.4 is 10.2 Å². The third-order valence-electron chi connectivity index (χ3n) is 6.54. The van der Waals surface area contributed by atoms with Gasteiger partial charge in [0.15, 0.2) is 5.82 Å². The smallest absolute Gasteiger partial charge is 0.368 e. The molecular formula is C26H24F3N9O. The van der Waals surface area contributed by atoms with E-state index in [0.717, 1.165) is 6.07 Å². The number of pyridine rings is 1. The predicted molar refractivity (Wildman–Crippen MR) is 136 cm³/mol. The highest BCUT2D eigenvalue weighted by atomic mass is 19.4. The van der Waals surface area contributed by atoms with E-state index in [4.69, 9.17) is 0 Å². The molecule has 0 atom stereocenters. The van der Waals surface area contributed by atoms with Crippen LogP contribution in [0, 0.1) is 16.7 Å². The second kappa shape index (κ2) is 9.23. The van der Waals surface area contributed by atoms with Crippen molar-refractivity contribution in [1.29, 1.82) is 5.26 Å². The molecule has 200 valence electrons. The van der Waals surface area contributed by atoms with Crippen LogP contribution in [0.3, 0.4) is 0 Å². The van der Waals surface area contributed by atoms with Crippen LogP contribution in [-0.2, 0) is 26.8 Å². The molecule has 39 heavy (non-hydrogen) atoms. The van der Waals surface area contributed by atoms with E-state index in [9.17, 15) is 23.2 Å². The first-order valence-electron chi connectivity index (χ1n) is 11.9. The van der Waals surface area contributed by atoms with E-state index in [-0.39, 0.29) is 30.0 Å². The van der Waals surface area contributed by atoms with Gasteiger partial charge in [-0.15, -0.1) is 10.2 Å². The summed E-state index contributed by atoms with van der Waals surface area (Å²) in [4.78, 5) is 19.1. The number of hydrogen-bond acceptors (Lipinski definition) is 7. The molecule has 1 aliphatic heterocycles. The number of fused-ring (bicyclic) bond motifs is 1. The van der Waals surface area contributed by atoms with Gasteiger partial charge in [-0.3, -0.25) is 14.4 Å². The van der Waals surface area contributed by atoms with Gasteiger partial charge >= 0.3 is 6.18 Å². The number of amides is 1. The average molecular weight is 536 g/mol. The minimum absolute atomic E-state index is 0.0162. The fourth-order valence-electron chi connectivity index (χ4n) is 4.49. The SMILES string of the molecule is Cn1cnnc1-c1cnn(C)c1-c1cc(NCC(C)(C)C#N)nc(N2Cc3c(cccc3C(F)(F)F)C2=O)c1. The van der Waals surface area contributed by atoms with E-state index >= 15 is 0 Å². The third-order valence-corrected chi connectivity index (χ3v) is 6.54. The molecule has 1 aromatic carbocycles. The molecule has 3 aromatic heterocycles. The summed E-state index contributed by atoms with van der Waals surface area (Å²) in [5.41, 5.74) is 0.202. The second-order valence-electron chi connectivity index (χ2n) is 9.97. The molecule has 10 nitrogen and oxygen atoms in total. The lowest BCUT2D eigenvalue weighted by Gasteiger charge is -2.21. The molecule has 0 aliphatic carbocycles. The van der Waals surface area contributed by atoms with Crippen LogP contribution in [0.15, 0.2) is 42.9 Å². The van der Waals surface area contributed by atoms with E-state index in [1.54, 1.807) is 61.8 Å². The van der Waals surface area contributed by atoms with E-state index in [1.807, 2.05) is 0 Å². The topological polar surface area (TPSA) is 118 Å². The molecule has 1 aliphatic rings. The number of aryl methyl sites for hydroxylation is 2. The van der Waals surface area contributed by atoms with Crippen molar-refractivity contribution in [2.24, 2.45) is 19.5 Å². The highest BCUT2D eigenvalue weighted by Crippen LogP contribution is 2.40. The van der Waals surface area contributed by atoms with Crippen molar-refractivity contribution in [2.45, 2.75) is 26.6 Å². The number of alkyl halides is 3. The number of rotatable bonds is 6. The lowest BCUT2D eigenvalue weighted by atomic mass is 9.96. The van der Waals surface area contributed by atoms with E-state index in [1.165, 1.54) is 17.0 Å². The van der Waals surface area contributed by atoms with Crippen LogP contribution in [0.5, 0.6) is 0 Å². The average Bonchev–Trinajstić information content (AvgIpc) is 3.58. The van der Waals surface area contributed by atoms with Gasteiger partial charge in [-0.05, 0) is 43.7 Å². The van der Waals surface area contributed by atoms with Crippen LogP contribution in [0.2, 0.25) is 0 Å². The van der Waals surface area contributed by atoms with Crippen molar-refractivity contribution < 1.29 is 18.0 Å². The van der Waals surface area contributed by atoms with Gasteiger partial charge in [0.25, 0.3) is 5.91 Å². The molecule has 0 bridgehead atoms. The van der Waals surface area contributed by atoms with Crippen LogP contribution in [-0.4, -0.2) is 42.0 Å².